The Labute approximate surface area is 156 Å². The molecule has 4 aromatic carbocycles. The van der Waals surface area contributed by atoms with Gasteiger partial charge >= 0.3 is 156 Å². The second-order valence-corrected chi connectivity index (χ2v) is 12.1. The van der Waals surface area contributed by atoms with Crippen LogP contribution in [0, 0.1) is 0 Å². The van der Waals surface area contributed by atoms with E-state index >= 15 is 0 Å². The first kappa shape index (κ1) is 16.8. The Kier molecular flexibility index (Phi) is 4.23. The van der Waals surface area contributed by atoms with Crippen LogP contribution in [-0.4, -0.2) is 6.66 Å². The second kappa shape index (κ2) is 6.56. The van der Waals surface area contributed by atoms with E-state index < -0.39 is 6.60 Å². The molecule has 0 N–H and O–H groups in total. The van der Waals surface area contributed by atoms with Gasteiger partial charge in [0.25, 0.3) is 0 Å². The van der Waals surface area contributed by atoms with Crippen LogP contribution in [0.2, 0.25) is 0 Å². The van der Waals surface area contributed by atoms with E-state index in [1.807, 2.05) is 0 Å². The molecule has 4 rings (SSSR count). The molecule has 0 saturated carbocycles. The summed E-state index contributed by atoms with van der Waals surface area (Å²) in [7, 11) is 0. The Morgan fingerprint density at radius 3 is 0.731 bits per heavy atom. The molecule has 0 bridgehead atoms. The number of hydrogen-bond donors (Lipinski definition) is 0. The minimum absolute atomic E-state index is 1.39. The summed E-state index contributed by atoms with van der Waals surface area (Å²) in [5, 5.41) is 5.56. The van der Waals surface area contributed by atoms with Crippen molar-refractivity contribution >= 4 is 27.8 Å². The maximum atomic E-state index is 2.49. The van der Waals surface area contributed by atoms with Gasteiger partial charge in [-0.1, -0.05) is 0 Å². The normalized spacial score (nSPS) is 12.9. The molecule has 0 unspecified atom stereocenters. The van der Waals surface area contributed by atoms with E-state index in [1.54, 1.807) is 0 Å². The minimum atomic E-state index is -2.82. The van der Waals surface area contributed by atoms with Gasteiger partial charge in [-0.2, -0.15) is 0 Å². The zero-order valence-corrected chi connectivity index (χ0v) is 15.9. The van der Waals surface area contributed by atoms with Crippen molar-refractivity contribution in [3.05, 3.63) is 121 Å². The van der Waals surface area contributed by atoms with Gasteiger partial charge in [0.15, 0.2) is 0 Å². The molecule has 0 aromatic heterocycles. The van der Waals surface area contributed by atoms with Crippen molar-refractivity contribution in [1.29, 1.82) is 0 Å². The standard InChI is InChI=1S/C25H23P/c1-26(22-14-6-2-7-15-22,23-16-8-3-9-17-23,24-18-10-4-11-19-24)25-20-12-5-13-21-25/h2-21H,1H3. The van der Waals surface area contributed by atoms with Crippen molar-refractivity contribution in [3.63, 3.8) is 0 Å². The van der Waals surface area contributed by atoms with Crippen LogP contribution in [0.25, 0.3) is 0 Å². The van der Waals surface area contributed by atoms with Crippen LogP contribution < -0.4 is 21.2 Å². The van der Waals surface area contributed by atoms with E-state index in [9.17, 15) is 0 Å². The first-order chi connectivity index (χ1) is 12.7. The molecular weight excluding hydrogens is 331 g/mol. The molecule has 26 heavy (non-hydrogen) atoms. The summed E-state index contributed by atoms with van der Waals surface area (Å²) in [6.45, 7) is -0.329. The van der Waals surface area contributed by atoms with E-state index in [4.69, 9.17) is 0 Å². The second-order valence-electron chi connectivity index (χ2n) is 6.91. The van der Waals surface area contributed by atoms with Crippen molar-refractivity contribution in [2.45, 2.75) is 0 Å². The summed E-state index contributed by atoms with van der Waals surface area (Å²) < 4.78 is 0. The fourth-order valence-electron chi connectivity index (χ4n) is 4.10. The molecule has 0 aliphatic rings. The third-order valence-corrected chi connectivity index (χ3v) is 12.0. The van der Waals surface area contributed by atoms with Crippen molar-refractivity contribution in [2.75, 3.05) is 6.66 Å². The maximum absolute atomic E-state index is 2.82. The predicted octanol–water partition coefficient (Wildman–Crippen LogP) is 4.47. The van der Waals surface area contributed by atoms with Gasteiger partial charge in [0.2, 0.25) is 0 Å². The van der Waals surface area contributed by atoms with Gasteiger partial charge in [-0.25, -0.2) is 0 Å². The van der Waals surface area contributed by atoms with Gasteiger partial charge in [0.05, 0.1) is 0 Å². The van der Waals surface area contributed by atoms with Crippen LogP contribution in [0.15, 0.2) is 121 Å². The zero-order chi connectivity index (χ0) is 17.9. The third-order valence-electron chi connectivity index (χ3n) is 5.61. The quantitative estimate of drug-likeness (QED) is 0.474. The van der Waals surface area contributed by atoms with Crippen LogP contribution in [0.1, 0.15) is 0 Å². The number of rotatable bonds is 4. The monoisotopic (exact) mass is 354 g/mol. The average Bonchev–Trinajstić information content (AvgIpc) is 2.76. The summed E-state index contributed by atoms with van der Waals surface area (Å²) in [5.74, 6) is 0. The van der Waals surface area contributed by atoms with Crippen molar-refractivity contribution in [3.8, 4) is 0 Å². The van der Waals surface area contributed by atoms with Gasteiger partial charge in [0.1, 0.15) is 0 Å². The fourth-order valence-corrected chi connectivity index (χ4v) is 9.56. The van der Waals surface area contributed by atoms with Crippen molar-refractivity contribution in [2.24, 2.45) is 0 Å². The molecule has 0 saturated heterocycles. The fraction of sp³-hybridized carbons (Fsp3) is 0.0400. The van der Waals surface area contributed by atoms with Crippen molar-refractivity contribution < 1.29 is 0 Å². The predicted molar refractivity (Wildman–Crippen MR) is 117 cm³/mol. The summed E-state index contributed by atoms with van der Waals surface area (Å²) in [4.78, 5) is 0. The Morgan fingerprint density at radius 2 is 0.538 bits per heavy atom. The molecular formula is C25H23P. The summed E-state index contributed by atoms with van der Waals surface area (Å²) in [5.41, 5.74) is 0. The van der Waals surface area contributed by atoms with Crippen LogP contribution in [0.5, 0.6) is 0 Å². The molecule has 0 aliphatic carbocycles. The molecule has 0 atom stereocenters. The van der Waals surface area contributed by atoms with Gasteiger partial charge in [-0.3, -0.25) is 0 Å². The summed E-state index contributed by atoms with van der Waals surface area (Å²) in [6.07, 6.45) is 0. The van der Waals surface area contributed by atoms with E-state index in [2.05, 4.69) is 128 Å². The zero-order valence-electron chi connectivity index (χ0n) is 15.0. The van der Waals surface area contributed by atoms with Crippen LogP contribution in [0.3, 0.4) is 0 Å². The molecule has 128 valence electrons. The molecule has 0 radical (unpaired) electrons. The Morgan fingerprint density at radius 1 is 0.346 bits per heavy atom. The van der Waals surface area contributed by atoms with E-state index in [0.717, 1.165) is 0 Å². The Balaban J connectivity index is 2.23. The molecule has 0 nitrogen and oxygen atoms in total. The van der Waals surface area contributed by atoms with Crippen LogP contribution in [0.4, 0.5) is 0 Å². The molecule has 1 heteroatoms. The van der Waals surface area contributed by atoms with E-state index in [1.165, 1.54) is 21.2 Å². The van der Waals surface area contributed by atoms with Crippen LogP contribution in [-0.2, 0) is 0 Å². The van der Waals surface area contributed by atoms with Gasteiger partial charge < -0.3 is 0 Å². The first-order valence-corrected chi connectivity index (χ1v) is 11.7. The molecule has 0 amide bonds. The topological polar surface area (TPSA) is 0 Å². The van der Waals surface area contributed by atoms with Gasteiger partial charge in [-0.05, 0) is 0 Å². The average molecular weight is 354 g/mol. The van der Waals surface area contributed by atoms with E-state index in [-0.39, 0.29) is 0 Å². The molecule has 0 heterocycles. The number of benzene rings is 4. The SMILES string of the molecule is CP(c1ccccc1)(c1ccccc1)(c1ccccc1)c1ccccc1. The molecule has 0 spiro atoms. The number of hydrogen-bond acceptors (Lipinski definition) is 0. The molecule has 0 fully saturated rings. The molecule has 0 aliphatic heterocycles. The summed E-state index contributed by atoms with van der Waals surface area (Å²) in [6, 6.07) is 44.1. The van der Waals surface area contributed by atoms with E-state index in [0.29, 0.717) is 0 Å². The van der Waals surface area contributed by atoms with Crippen molar-refractivity contribution in [1.82, 2.24) is 0 Å². The molecule has 4 aromatic rings. The Bertz CT molecular complexity index is 808. The summed E-state index contributed by atoms with van der Waals surface area (Å²) >= 11 is 0. The first-order valence-electron chi connectivity index (χ1n) is 8.98. The van der Waals surface area contributed by atoms with Gasteiger partial charge in [0, 0.05) is 0 Å². The van der Waals surface area contributed by atoms with Gasteiger partial charge in [-0.15, -0.1) is 0 Å². The van der Waals surface area contributed by atoms with Crippen LogP contribution >= 0.6 is 6.60 Å². The Hall–Kier alpha value is -2.69. The third kappa shape index (κ3) is 2.34.